The van der Waals surface area contributed by atoms with Crippen LogP contribution in [0.15, 0.2) is 23.4 Å². The second-order valence-corrected chi connectivity index (χ2v) is 5.58. The van der Waals surface area contributed by atoms with E-state index in [1.807, 2.05) is 0 Å². The zero-order valence-corrected chi connectivity index (χ0v) is 11.2. The number of hydrogen-bond acceptors (Lipinski definition) is 4. The second-order valence-electron chi connectivity index (χ2n) is 4.57. The molecular weight excluding hydrogens is 246 g/mol. The van der Waals surface area contributed by atoms with Gasteiger partial charge in [0.05, 0.1) is 23.7 Å². The predicted molar refractivity (Wildman–Crippen MR) is 74.2 cm³/mol. The number of aryl methyl sites for hydroxylation is 1. The van der Waals surface area contributed by atoms with Crippen molar-refractivity contribution >= 4 is 22.8 Å². The number of morpholine rings is 1. The molecule has 1 aliphatic rings. The van der Waals surface area contributed by atoms with E-state index >= 15 is 0 Å². The summed E-state index contributed by atoms with van der Waals surface area (Å²) >= 11 is 1.73. The maximum absolute atomic E-state index is 5.67. The van der Waals surface area contributed by atoms with Gasteiger partial charge in [0, 0.05) is 18.8 Å². The number of aromatic amines is 1. The molecule has 1 fully saturated rings. The molecule has 18 heavy (non-hydrogen) atoms. The van der Waals surface area contributed by atoms with Gasteiger partial charge in [-0.2, -0.15) is 0 Å². The van der Waals surface area contributed by atoms with Gasteiger partial charge in [-0.1, -0.05) is 17.8 Å². The highest BCUT2D eigenvalue weighted by Gasteiger charge is 2.14. The number of nitrogens with zero attached hydrogens (tertiary/aromatic N) is 1. The smallest absolute Gasteiger partial charge is 0.166 e. The summed E-state index contributed by atoms with van der Waals surface area (Å²) < 4.78 is 5.67. The molecule has 0 aliphatic carbocycles. The molecule has 5 heteroatoms. The van der Waals surface area contributed by atoms with Gasteiger partial charge >= 0.3 is 0 Å². The van der Waals surface area contributed by atoms with Gasteiger partial charge < -0.3 is 15.0 Å². The Morgan fingerprint density at radius 1 is 1.50 bits per heavy atom. The first kappa shape index (κ1) is 12.0. The molecule has 1 unspecified atom stereocenters. The number of rotatable bonds is 3. The van der Waals surface area contributed by atoms with Crippen LogP contribution >= 0.6 is 11.8 Å². The number of hydrogen-bond donors (Lipinski definition) is 2. The molecule has 96 valence electrons. The Kier molecular flexibility index (Phi) is 3.54. The van der Waals surface area contributed by atoms with Crippen LogP contribution in [0, 0.1) is 6.92 Å². The lowest BCUT2D eigenvalue weighted by Crippen LogP contribution is -2.39. The van der Waals surface area contributed by atoms with E-state index in [-0.39, 0.29) is 0 Å². The van der Waals surface area contributed by atoms with Gasteiger partial charge in [-0.3, -0.25) is 0 Å². The number of aromatic nitrogens is 2. The fraction of sp³-hybridized carbons (Fsp3) is 0.462. The van der Waals surface area contributed by atoms with Crippen LogP contribution in [0.25, 0.3) is 11.0 Å². The van der Waals surface area contributed by atoms with Gasteiger partial charge in [-0.15, -0.1) is 0 Å². The fourth-order valence-electron chi connectivity index (χ4n) is 2.07. The minimum Gasteiger partial charge on any atom is -0.375 e. The quantitative estimate of drug-likeness (QED) is 0.831. The summed E-state index contributed by atoms with van der Waals surface area (Å²) in [4.78, 5) is 7.92. The first-order chi connectivity index (χ1) is 8.81. The normalized spacial score (nSPS) is 20.4. The van der Waals surface area contributed by atoms with Crippen molar-refractivity contribution < 1.29 is 4.74 Å². The molecule has 0 spiro atoms. The summed E-state index contributed by atoms with van der Waals surface area (Å²) in [6.45, 7) is 4.80. The van der Waals surface area contributed by atoms with Crippen molar-refractivity contribution in [1.29, 1.82) is 0 Å². The van der Waals surface area contributed by atoms with E-state index in [0.717, 1.165) is 41.6 Å². The molecule has 2 aromatic rings. The first-order valence-corrected chi connectivity index (χ1v) is 7.21. The Hall–Kier alpha value is -1.04. The van der Waals surface area contributed by atoms with Crippen LogP contribution in [0.3, 0.4) is 0 Å². The summed E-state index contributed by atoms with van der Waals surface area (Å²) in [6.07, 6.45) is 0.290. The number of nitrogens with one attached hydrogen (secondary N) is 2. The molecule has 0 amide bonds. The molecule has 1 aromatic heterocycles. The molecule has 2 N–H and O–H groups in total. The van der Waals surface area contributed by atoms with Gasteiger partial charge in [0.2, 0.25) is 0 Å². The second kappa shape index (κ2) is 5.30. The molecular formula is C13H17N3OS. The molecule has 0 bridgehead atoms. The molecule has 0 radical (unpaired) electrons. The predicted octanol–water partition coefficient (Wildman–Crippen LogP) is 1.95. The van der Waals surface area contributed by atoms with Crippen LogP contribution in [0.1, 0.15) is 5.56 Å². The SMILES string of the molecule is Cc1ccc2nc(SCC3CNCCO3)[nH]c2c1. The van der Waals surface area contributed by atoms with Crippen LogP contribution < -0.4 is 5.32 Å². The molecule has 1 aromatic carbocycles. The lowest BCUT2D eigenvalue weighted by Gasteiger charge is -2.22. The summed E-state index contributed by atoms with van der Waals surface area (Å²) in [5.41, 5.74) is 3.40. The minimum absolute atomic E-state index is 0.290. The van der Waals surface area contributed by atoms with E-state index in [2.05, 4.69) is 40.4 Å². The molecule has 1 aliphatic heterocycles. The van der Waals surface area contributed by atoms with Gasteiger partial charge in [-0.25, -0.2) is 4.98 Å². The highest BCUT2D eigenvalue weighted by molar-refractivity contribution is 7.99. The standard InChI is InChI=1S/C13H17N3OS/c1-9-2-3-11-12(6-9)16-13(15-11)18-8-10-7-14-4-5-17-10/h2-3,6,10,14H,4-5,7-8H2,1H3,(H,15,16). The maximum Gasteiger partial charge on any atom is 0.166 e. The first-order valence-electron chi connectivity index (χ1n) is 6.23. The van der Waals surface area contributed by atoms with Gasteiger partial charge in [0.15, 0.2) is 5.16 Å². The van der Waals surface area contributed by atoms with E-state index in [0.29, 0.717) is 6.10 Å². The van der Waals surface area contributed by atoms with Gasteiger partial charge in [-0.05, 0) is 24.6 Å². The zero-order chi connectivity index (χ0) is 12.4. The molecule has 2 heterocycles. The number of thioether (sulfide) groups is 1. The van der Waals surface area contributed by atoms with Crippen molar-refractivity contribution in [2.24, 2.45) is 0 Å². The number of fused-ring (bicyclic) bond motifs is 1. The number of ether oxygens (including phenoxy) is 1. The van der Waals surface area contributed by atoms with Crippen LogP contribution in [0.2, 0.25) is 0 Å². The Labute approximate surface area is 111 Å². The van der Waals surface area contributed by atoms with Crippen LogP contribution in [-0.4, -0.2) is 41.5 Å². The molecule has 3 rings (SSSR count). The Morgan fingerprint density at radius 2 is 2.44 bits per heavy atom. The molecule has 0 saturated carbocycles. The van der Waals surface area contributed by atoms with Crippen molar-refractivity contribution in [1.82, 2.24) is 15.3 Å². The molecule has 1 atom stereocenters. The Bertz CT molecular complexity index is 534. The van der Waals surface area contributed by atoms with Gasteiger partial charge in [0.1, 0.15) is 0 Å². The Morgan fingerprint density at radius 3 is 3.28 bits per heavy atom. The highest BCUT2D eigenvalue weighted by atomic mass is 32.2. The summed E-state index contributed by atoms with van der Waals surface area (Å²) in [5, 5.41) is 4.31. The Balaban J connectivity index is 1.67. The number of benzene rings is 1. The maximum atomic E-state index is 5.67. The highest BCUT2D eigenvalue weighted by Crippen LogP contribution is 2.21. The van der Waals surface area contributed by atoms with Crippen molar-refractivity contribution in [2.45, 2.75) is 18.2 Å². The van der Waals surface area contributed by atoms with Gasteiger partial charge in [0.25, 0.3) is 0 Å². The van der Waals surface area contributed by atoms with Crippen molar-refractivity contribution in [3.63, 3.8) is 0 Å². The number of H-pyrrole nitrogens is 1. The zero-order valence-electron chi connectivity index (χ0n) is 10.4. The monoisotopic (exact) mass is 263 g/mol. The number of imidazole rings is 1. The summed E-state index contributed by atoms with van der Waals surface area (Å²) in [7, 11) is 0. The van der Waals surface area contributed by atoms with E-state index in [9.17, 15) is 0 Å². The van der Waals surface area contributed by atoms with E-state index < -0.39 is 0 Å². The van der Waals surface area contributed by atoms with E-state index in [1.165, 1.54) is 5.56 Å². The lowest BCUT2D eigenvalue weighted by molar-refractivity contribution is 0.0440. The topological polar surface area (TPSA) is 49.9 Å². The van der Waals surface area contributed by atoms with Crippen molar-refractivity contribution in [3.05, 3.63) is 23.8 Å². The average molecular weight is 263 g/mol. The van der Waals surface area contributed by atoms with Crippen LogP contribution in [0.4, 0.5) is 0 Å². The van der Waals surface area contributed by atoms with Crippen LogP contribution in [0.5, 0.6) is 0 Å². The third kappa shape index (κ3) is 2.68. The van der Waals surface area contributed by atoms with Crippen molar-refractivity contribution in [2.75, 3.05) is 25.4 Å². The third-order valence-corrected chi connectivity index (χ3v) is 4.03. The summed E-state index contributed by atoms with van der Waals surface area (Å²) in [6, 6.07) is 6.28. The third-order valence-electron chi connectivity index (χ3n) is 3.03. The van der Waals surface area contributed by atoms with E-state index in [1.54, 1.807) is 11.8 Å². The average Bonchev–Trinajstić information content (AvgIpc) is 2.79. The lowest BCUT2D eigenvalue weighted by atomic mass is 10.2. The summed E-state index contributed by atoms with van der Waals surface area (Å²) in [5.74, 6) is 0.936. The van der Waals surface area contributed by atoms with Crippen LogP contribution in [-0.2, 0) is 4.74 Å². The minimum atomic E-state index is 0.290. The molecule has 1 saturated heterocycles. The largest absolute Gasteiger partial charge is 0.375 e. The molecule has 4 nitrogen and oxygen atoms in total. The van der Waals surface area contributed by atoms with Crippen molar-refractivity contribution in [3.8, 4) is 0 Å². The fourth-order valence-corrected chi connectivity index (χ4v) is 2.97. The van der Waals surface area contributed by atoms with E-state index in [4.69, 9.17) is 4.74 Å².